The van der Waals surface area contributed by atoms with E-state index in [4.69, 9.17) is 4.74 Å². The van der Waals surface area contributed by atoms with Gasteiger partial charge in [0.05, 0.1) is 5.69 Å². The van der Waals surface area contributed by atoms with Gasteiger partial charge in [0, 0.05) is 64.1 Å². The van der Waals surface area contributed by atoms with Crippen LogP contribution in [0.4, 0.5) is 10.2 Å². The van der Waals surface area contributed by atoms with Crippen molar-refractivity contribution in [3.8, 4) is 11.3 Å². The maximum Gasteiger partial charge on any atom is 0.253 e. The molecule has 1 aliphatic carbocycles. The third kappa shape index (κ3) is 5.08. The highest BCUT2D eigenvalue weighted by molar-refractivity contribution is 5.94. The molecule has 1 aromatic carbocycles. The lowest BCUT2D eigenvalue weighted by Gasteiger charge is -2.27. The maximum absolute atomic E-state index is 14.6. The standard InChI is InChI=1S/C26H34FN5O2/c1-31(2)26(33)18-3-4-22(23(27)13-18)24-5-6-25(30-29-24)28-21-11-19-15-32(16-20(19)12-21)14-17-7-9-34-10-8-17/h3-6,13,17,19-21H,7-12,14-16H2,1-2H3,(H,28,30)/t19-,20+,21?. The largest absolute Gasteiger partial charge is 0.381 e. The van der Waals surface area contributed by atoms with Crippen molar-refractivity contribution in [2.45, 2.75) is 31.7 Å². The molecule has 2 aromatic rings. The van der Waals surface area contributed by atoms with Crippen LogP contribution in [-0.2, 0) is 4.74 Å². The Kier molecular flexibility index (Phi) is 6.79. The molecule has 2 saturated heterocycles. The Labute approximate surface area is 200 Å². The Morgan fingerprint density at radius 1 is 1.12 bits per heavy atom. The Hall–Kier alpha value is -2.58. The minimum atomic E-state index is -0.475. The molecule has 3 fully saturated rings. The van der Waals surface area contributed by atoms with Crippen LogP contribution in [0.15, 0.2) is 30.3 Å². The summed E-state index contributed by atoms with van der Waals surface area (Å²) >= 11 is 0. The van der Waals surface area contributed by atoms with Crippen molar-refractivity contribution < 1.29 is 13.9 Å². The van der Waals surface area contributed by atoms with Crippen LogP contribution in [0.2, 0.25) is 0 Å². The molecule has 0 radical (unpaired) electrons. The van der Waals surface area contributed by atoms with E-state index in [1.54, 1.807) is 32.3 Å². The van der Waals surface area contributed by atoms with Crippen molar-refractivity contribution in [1.82, 2.24) is 20.0 Å². The van der Waals surface area contributed by atoms with Crippen LogP contribution < -0.4 is 5.32 Å². The lowest BCUT2D eigenvalue weighted by Crippen LogP contribution is -2.32. The molecule has 3 heterocycles. The zero-order chi connectivity index (χ0) is 23.7. The predicted octanol–water partition coefficient (Wildman–Crippen LogP) is 3.53. The van der Waals surface area contributed by atoms with Crippen LogP contribution in [-0.4, -0.2) is 78.9 Å². The van der Waals surface area contributed by atoms with Crippen molar-refractivity contribution in [2.24, 2.45) is 17.8 Å². The summed E-state index contributed by atoms with van der Waals surface area (Å²) < 4.78 is 20.1. The van der Waals surface area contributed by atoms with Gasteiger partial charge in [-0.1, -0.05) is 0 Å². The molecule has 3 aliphatic rings. The van der Waals surface area contributed by atoms with Crippen molar-refractivity contribution in [2.75, 3.05) is 52.3 Å². The first-order valence-electron chi connectivity index (χ1n) is 12.4. The van der Waals surface area contributed by atoms with Gasteiger partial charge < -0.3 is 19.9 Å². The van der Waals surface area contributed by atoms with Gasteiger partial charge in [-0.25, -0.2) is 4.39 Å². The first-order chi connectivity index (χ1) is 16.5. The number of rotatable bonds is 6. The number of fused-ring (bicyclic) bond motifs is 1. The lowest BCUT2D eigenvalue weighted by atomic mass is 10.00. The normalized spacial score (nSPS) is 25.3. The fourth-order valence-electron chi connectivity index (χ4n) is 5.83. The number of likely N-dealkylation sites (tertiary alicyclic amines) is 1. The van der Waals surface area contributed by atoms with Gasteiger partial charge >= 0.3 is 0 Å². The molecule has 1 aromatic heterocycles. The van der Waals surface area contributed by atoms with Gasteiger partial charge in [0.25, 0.3) is 5.91 Å². The monoisotopic (exact) mass is 467 g/mol. The molecule has 8 heteroatoms. The van der Waals surface area contributed by atoms with Crippen molar-refractivity contribution >= 4 is 11.7 Å². The molecule has 3 atom stereocenters. The number of benzene rings is 1. The second-order valence-corrected chi connectivity index (χ2v) is 10.3. The first-order valence-corrected chi connectivity index (χ1v) is 12.4. The average Bonchev–Trinajstić information content (AvgIpc) is 3.37. The van der Waals surface area contributed by atoms with E-state index >= 15 is 0 Å². The SMILES string of the molecule is CN(C)C(=O)c1ccc(-c2ccc(NC3C[C@@H]4CN(CC5CCOCC5)C[C@@H]4C3)nn2)c(F)c1. The second-order valence-electron chi connectivity index (χ2n) is 10.3. The van der Waals surface area contributed by atoms with Crippen LogP contribution in [0.3, 0.4) is 0 Å². The second kappa shape index (κ2) is 9.96. The zero-order valence-electron chi connectivity index (χ0n) is 20.0. The highest BCUT2D eigenvalue weighted by atomic mass is 19.1. The van der Waals surface area contributed by atoms with Gasteiger partial charge in [0.2, 0.25) is 0 Å². The summed E-state index contributed by atoms with van der Waals surface area (Å²) in [7, 11) is 3.29. The van der Waals surface area contributed by atoms with Gasteiger partial charge in [-0.15, -0.1) is 10.2 Å². The summed E-state index contributed by atoms with van der Waals surface area (Å²) in [5.41, 5.74) is 1.11. The van der Waals surface area contributed by atoms with Crippen LogP contribution >= 0.6 is 0 Å². The molecule has 7 nitrogen and oxygen atoms in total. The van der Waals surface area contributed by atoms with E-state index in [0.717, 1.165) is 49.6 Å². The van der Waals surface area contributed by atoms with Gasteiger partial charge in [-0.05, 0) is 73.8 Å². The number of halogens is 1. The van der Waals surface area contributed by atoms with Gasteiger partial charge in [-0.2, -0.15) is 0 Å². The van der Waals surface area contributed by atoms with E-state index in [1.165, 1.54) is 43.4 Å². The Bertz CT molecular complexity index is 995. The molecule has 1 unspecified atom stereocenters. The third-order valence-corrected chi connectivity index (χ3v) is 7.60. The van der Waals surface area contributed by atoms with Gasteiger partial charge in [0.15, 0.2) is 0 Å². The summed E-state index contributed by atoms with van der Waals surface area (Å²) in [6, 6.07) is 8.53. The van der Waals surface area contributed by atoms with E-state index in [9.17, 15) is 9.18 Å². The highest BCUT2D eigenvalue weighted by Crippen LogP contribution is 2.39. The third-order valence-electron chi connectivity index (χ3n) is 7.60. The van der Waals surface area contributed by atoms with Crippen LogP contribution in [0.25, 0.3) is 11.3 Å². The predicted molar refractivity (Wildman–Crippen MR) is 129 cm³/mol. The quantitative estimate of drug-likeness (QED) is 0.701. The number of hydrogen-bond donors (Lipinski definition) is 1. The minimum Gasteiger partial charge on any atom is -0.381 e. The van der Waals surface area contributed by atoms with Gasteiger partial charge in [-0.3, -0.25) is 4.79 Å². The molecule has 1 saturated carbocycles. The molecule has 0 spiro atoms. The molecular formula is C26H34FN5O2. The number of nitrogens with zero attached hydrogens (tertiary/aromatic N) is 4. The minimum absolute atomic E-state index is 0.232. The molecule has 1 N–H and O–H groups in total. The smallest absolute Gasteiger partial charge is 0.253 e. The number of carbonyl (C=O) groups excluding carboxylic acids is 1. The number of carbonyl (C=O) groups is 1. The zero-order valence-corrected chi connectivity index (χ0v) is 20.0. The number of nitrogens with one attached hydrogen (secondary N) is 1. The van der Waals surface area contributed by atoms with Crippen LogP contribution in [0.5, 0.6) is 0 Å². The summed E-state index contributed by atoms with van der Waals surface area (Å²) in [6.45, 7) is 5.48. The van der Waals surface area contributed by atoms with Crippen LogP contribution in [0, 0.1) is 23.6 Å². The molecule has 0 bridgehead atoms. The Morgan fingerprint density at radius 3 is 2.47 bits per heavy atom. The molecule has 2 aliphatic heterocycles. The van der Waals surface area contributed by atoms with Crippen LogP contribution in [0.1, 0.15) is 36.0 Å². The number of anilines is 1. The summed E-state index contributed by atoms with van der Waals surface area (Å²) in [5.74, 6) is 2.32. The van der Waals surface area contributed by atoms with Crippen molar-refractivity contribution in [3.63, 3.8) is 0 Å². The Morgan fingerprint density at radius 2 is 1.85 bits per heavy atom. The summed E-state index contributed by atoms with van der Waals surface area (Å²) in [6.07, 6.45) is 4.72. The molecule has 5 rings (SSSR count). The van der Waals surface area contributed by atoms with E-state index in [2.05, 4.69) is 20.4 Å². The molecule has 182 valence electrons. The van der Waals surface area contributed by atoms with E-state index in [0.29, 0.717) is 22.9 Å². The van der Waals surface area contributed by atoms with E-state index in [-0.39, 0.29) is 5.91 Å². The molecule has 1 amide bonds. The fraction of sp³-hybridized carbons (Fsp3) is 0.577. The number of ether oxygens (including phenoxy) is 1. The first kappa shape index (κ1) is 23.2. The fourth-order valence-corrected chi connectivity index (χ4v) is 5.83. The maximum atomic E-state index is 14.6. The average molecular weight is 468 g/mol. The topological polar surface area (TPSA) is 70.6 Å². The Balaban J connectivity index is 1.14. The van der Waals surface area contributed by atoms with E-state index in [1.807, 2.05) is 6.07 Å². The van der Waals surface area contributed by atoms with Gasteiger partial charge in [0.1, 0.15) is 11.6 Å². The summed E-state index contributed by atoms with van der Waals surface area (Å²) in [4.78, 5) is 16.1. The lowest BCUT2D eigenvalue weighted by molar-refractivity contribution is 0.0545. The highest BCUT2D eigenvalue weighted by Gasteiger charge is 2.41. The molecular weight excluding hydrogens is 433 g/mol. The van der Waals surface area contributed by atoms with Crippen molar-refractivity contribution in [1.29, 1.82) is 0 Å². The molecule has 34 heavy (non-hydrogen) atoms. The van der Waals surface area contributed by atoms with E-state index < -0.39 is 5.82 Å². The van der Waals surface area contributed by atoms with Crippen molar-refractivity contribution in [3.05, 3.63) is 41.7 Å². The number of aromatic nitrogens is 2. The number of hydrogen-bond acceptors (Lipinski definition) is 6. The summed E-state index contributed by atoms with van der Waals surface area (Å²) in [5, 5.41) is 12.1. The number of amides is 1.